The van der Waals surface area contributed by atoms with E-state index in [1.165, 1.54) is 0 Å². The standard InChI is InChI=1S/C3H8NO2/c5-2-1-4-3-6/h4-5H,1-3H2. The molecule has 0 aliphatic carbocycles. The van der Waals surface area contributed by atoms with Crippen LogP contribution < -0.4 is 5.32 Å². The van der Waals surface area contributed by atoms with E-state index in [0.29, 0.717) is 6.54 Å². The van der Waals surface area contributed by atoms with Gasteiger partial charge in [0.05, 0.1) is 6.61 Å². The second-order valence-corrected chi connectivity index (χ2v) is 0.868. The number of hydrogen-bond donors (Lipinski definition) is 2. The van der Waals surface area contributed by atoms with E-state index in [-0.39, 0.29) is 13.3 Å². The van der Waals surface area contributed by atoms with Crippen molar-refractivity contribution in [2.45, 2.75) is 0 Å². The quantitative estimate of drug-likeness (QED) is 0.343. The third-order valence-corrected chi connectivity index (χ3v) is 0.391. The highest BCUT2D eigenvalue weighted by Gasteiger charge is 1.74. The van der Waals surface area contributed by atoms with Gasteiger partial charge in [0.2, 0.25) is 0 Å². The lowest BCUT2D eigenvalue weighted by Crippen LogP contribution is -2.17. The molecule has 0 aliphatic rings. The first-order valence-electron chi connectivity index (χ1n) is 1.81. The maximum atomic E-state index is 9.47. The first-order chi connectivity index (χ1) is 2.91. The van der Waals surface area contributed by atoms with E-state index >= 15 is 0 Å². The third kappa shape index (κ3) is 3.88. The second kappa shape index (κ2) is 4.88. The van der Waals surface area contributed by atoms with Gasteiger partial charge in [0.1, 0.15) is 6.73 Å². The van der Waals surface area contributed by atoms with Crippen LogP contribution in [0, 0.1) is 0 Å². The van der Waals surface area contributed by atoms with E-state index in [1.807, 2.05) is 0 Å². The third-order valence-electron chi connectivity index (χ3n) is 0.391. The molecule has 0 aromatic rings. The number of nitrogens with one attached hydrogen (secondary N) is 1. The lowest BCUT2D eigenvalue weighted by molar-refractivity contribution is 0.158. The summed E-state index contributed by atoms with van der Waals surface area (Å²) < 4.78 is 0. The lowest BCUT2D eigenvalue weighted by atomic mass is 10.7. The van der Waals surface area contributed by atoms with Crippen LogP contribution in [-0.2, 0) is 5.11 Å². The van der Waals surface area contributed by atoms with Crippen LogP contribution in [0.3, 0.4) is 0 Å². The van der Waals surface area contributed by atoms with Crippen LogP contribution in [-0.4, -0.2) is 25.0 Å². The number of hydrogen-bond acceptors (Lipinski definition) is 2. The molecular formula is C3H8NO2. The van der Waals surface area contributed by atoms with Gasteiger partial charge >= 0.3 is 0 Å². The minimum atomic E-state index is -0.305. The summed E-state index contributed by atoms with van der Waals surface area (Å²) in [5.41, 5.74) is 0. The first kappa shape index (κ1) is 5.88. The Balaban J connectivity index is 2.34. The molecular weight excluding hydrogens is 82.0 g/mol. The Morgan fingerprint density at radius 3 is 2.50 bits per heavy atom. The summed E-state index contributed by atoms with van der Waals surface area (Å²) in [5, 5.41) is 19.9. The molecule has 0 aromatic heterocycles. The fourth-order valence-electron chi connectivity index (χ4n) is 0.151. The molecule has 37 valence electrons. The van der Waals surface area contributed by atoms with Crippen LogP contribution >= 0.6 is 0 Å². The molecule has 0 spiro atoms. The molecule has 0 amide bonds. The molecule has 0 saturated carbocycles. The van der Waals surface area contributed by atoms with Crippen LogP contribution in [0.5, 0.6) is 0 Å². The predicted octanol–water partition coefficient (Wildman–Crippen LogP) is -1.04. The van der Waals surface area contributed by atoms with Crippen molar-refractivity contribution >= 4 is 0 Å². The summed E-state index contributed by atoms with van der Waals surface area (Å²) in [7, 11) is 0. The van der Waals surface area contributed by atoms with Crippen molar-refractivity contribution in [2.75, 3.05) is 19.9 Å². The highest BCUT2D eigenvalue weighted by atomic mass is 16.3. The van der Waals surface area contributed by atoms with Gasteiger partial charge in [-0.3, -0.25) is 5.32 Å². The molecule has 0 rings (SSSR count). The first-order valence-corrected chi connectivity index (χ1v) is 1.81. The summed E-state index contributed by atoms with van der Waals surface area (Å²) in [4.78, 5) is 0. The summed E-state index contributed by atoms with van der Waals surface area (Å²) in [6.45, 7) is 0.145. The minimum absolute atomic E-state index is 0.0439. The predicted molar refractivity (Wildman–Crippen MR) is 20.6 cm³/mol. The zero-order chi connectivity index (χ0) is 4.83. The molecule has 0 heterocycles. The SMILES string of the molecule is [O]CNCCO. The minimum Gasteiger partial charge on any atom is -0.395 e. The lowest BCUT2D eigenvalue weighted by Gasteiger charge is -1.89. The molecule has 0 atom stereocenters. The van der Waals surface area contributed by atoms with Crippen LogP contribution in [0.25, 0.3) is 0 Å². The molecule has 3 heteroatoms. The van der Waals surface area contributed by atoms with Gasteiger partial charge in [-0.2, -0.15) is 0 Å². The zero-order valence-corrected chi connectivity index (χ0v) is 3.48. The van der Waals surface area contributed by atoms with E-state index < -0.39 is 0 Å². The molecule has 0 fully saturated rings. The largest absolute Gasteiger partial charge is 0.395 e. The Bertz CT molecular complexity index is 20.8. The summed E-state index contributed by atoms with van der Waals surface area (Å²) in [5.74, 6) is 0. The second-order valence-electron chi connectivity index (χ2n) is 0.868. The van der Waals surface area contributed by atoms with E-state index in [2.05, 4.69) is 5.32 Å². The Kier molecular flexibility index (Phi) is 4.78. The van der Waals surface area contributed by atoms with Crippen molar-refractivity contribution < 1.29 is 10.2 Å². The molecule has 3 nitrogen and oxygen atoms in total. The number of aliphatic hydroxyl groups excluding tert-OH is 1. The molecule has 0 bridgehead atoms. The van der Waals surface area contributed by atoms with Gasteiger partial charge in [-0.05, 0) is 0 Å². The molecule has 6 heavy (non-hydrogen) atoms. The van der Waals surface area contributed by atoms with Gasteiger partial charge in [0.25, 0.3) is 0 Å². The number of rotatable bonds is 3. The van der Waals surface area contributed by atoms with Gasteiger partial charge < -0.3 is 5.11 Å². The monoisotopic (exact) mass is 90.1 g/mol. The Hall–Kier alpha value is -0.120. The van der Waals surface area contributed by atoms with Gasteiger partial charge in [-0.25, -0.2) is 5.11 Å². The van der Waals surface area contributed by atoms with Gasteiger partial charge in [-0.1, -0.05) is 0 Å². The maximum absolute atomic E-state index is 9.47. The molecule has 2 N–H and O–H groups in total. The summed E-state index contributed by atoms with van der Waals surface area (Å²) in [6.07, 6.45) is 0. The molecule has 1 radical (unpaired) electrons. The van der Waals surface area contributed by atoms with Crippen molar-refractivity contribution in [2.24, 2.45) is 0 Å². The topological polar surface area (TPSA) is 52.2 Å². The summed E-state index contributed by atoms with van der Waals surface area (Å²) in [6, 6.07) is 0. The van der Waals surface area contributed by atoms with Gasteiger partial charge in [-0.15, -0.1) is 0 Å². The fourth-order valence-corrected chi connectivity index (χ4v) is 0.151. The number of aliphatic hydroxyl groups is 1. The van der Waals surface area contributed by atoms with Crippen LogP contribution in [0.1, 0.15) is 0 Å². The maximum Gasteiger partial charge on any atom is 0.133 e. The zero-order valence-electron chi connectivity index (χ0n) is 3.48. The van der Waals surface area contributed by atoms with Gasteiger partial charge in [0, 0.05) is 6.54 Å². The average molecular weight is 90.1 g/mol. The highest BCUT2D eigenvalue weighted by Crippen LogP contribution is 1.49. The average Bonchev–Trinajstić information content (AvgIpc) is 1.61. The van der Waals surface area contributed by atoms with Crippen LogP contribution in [0.4, 0.5) is 0 Å². The molecule has 0 aliphatic heterocycles. The van der Waals surface area contributed by atoms with Crippen molar-refractivity contribution in [3.05, 3.63) is 0 Å². The molecule has 0 aromatic carbocycles. The van der Waals surface area contributed by atoms with Crippen molar-refractivity contribution in [1.29, 1.82) is 0 Å². The Morgan fingerprint density at radius 2 is 2.33 bits per heavy atom. The molecule has 0 saturated heterocycles. The van der Waals surface area contributed by atoms with Gasteiger partial charge in [0.15, 0.2) is 0 Å². The Labute approximate surface area is 36.6 Å². The normalized spacial score (nSPS) is 9.00. The molecule has 0 unspecified atom stereocenters. The Morgan fingerprint density at radius 1 is 1.67 bits per heavy atom. The van der Waals surface area contributed by atoms with E-state index in [9.17, 15) is 5.11 Å². The summed E-state index contributed by atoms with van der Waals surface area (Å²) >= 11 is 0. The van der Waals surface area contributed by atoms with Crippen LogP contribution in [0.15, 0.2) is 0 Å². The van der Waals surface area contributed by atoms with E-state index in [0.717, 1.165) is 0 Å². The fraction of sp³-hybridized carbons (Fsp3) is 1.00. The van der Waals surface area contributed by atoms with Crippen molar-refractivity contribution in [1.82, 2.24) is 5.32 Å². The van der Waals surface area contributed by atoms with Crippen molar-refractivity contribution in [3.63, 3.8) is 0 Å². The van der Waals surface area contributed by atoms with Crippen LogP contribution in [0.2, 0.25) is 0 Å². The highest BCUT2D eigenvalue weighted by molar-refractivity contribution is 4.30. The van der Waals surface area contributed by atoms with E-state index in [4.69, 9.17) is 5.11 Å². The smallest absolute Gasteiger partial charge is 0.133 e. The van der Waals surface area contributed by atoms with E-state index in [1.54, 1.807) is 0 Å². The van der Waals surface area contributed by atoms with Crippen molar-refractivity contribution in [3.8, 4) is 0 Å².